The molecule has 0 saturated heterocycles. The molecule has 6 nitrogen and oxygen atoms in total. The fourth-order valence-electron chi connectivity index (χ4n) is 3.52. The molecule has 0 saturated carbocycles. The SMILES string of the molecule is Cc1ccc(-c2nnc(C(C)Sc3nnc(-c4ccc(Cl)cc4)n3Cc3ccccc3)o2)cc1. The minimum atomic E-state index is -0.108. The van der Waals surface area contributed by atoms with Crippen molar-refractivity contribution in [3.63, 3.8) is 0 Å². The van der Waals surface area contributed by atoms with Crippen LogP contribution in [0.5, 0.6) is 0 Å². The van der Waals surface area contributed by atoms with Gasteiger partial charge in [-0.15, -0.1) is 20.4 Å². The zero-order valence-corrected chi connectivity index (χ0v) is 20.3. The molecule has 0 N–H and O–H groups in total. The summed E-state index contributed by atoms with van der Waals surface area (Å²) < 4.78 is 8.10. The summed E-state index contributed by atoms with van der Waals surface area (Å²) in [5.74, 6) is 1.83. The van der Waals surface area contributed by atoms with E-state index in [0.717, 1.165) is 27.7 Å². The van der Waals surface area contributed by atoms with Gasteiger partial charge in [0.25, 0.3) is 0 Å². The molecule has 0 aliphatic carbocycles. The van der Waals surface area contributed by atoms with Crippen LogP contribution in [0.25, 0.3) is 22.8 Å². The Morgan fingerprint density at radius 1 is 0.853 bits per heavy atom. The van der Waals surface area contributed by atoms with Crippen LogP contribution in [-0.4, -0.2) is 25.0 Å². The molecule has 0 amide bonds. The average Bonchev–Trinajstić information content (AvgIpc) is 3.49. The van der Waals surface area contributed by atoms with Crippen molar-refractivity contribution in [2.24, 2.45) is 0 Å². The fraction of sp³-hybridized carbons (Fsp3) is 0.154. The maximum atomic E-state index is 6.09. The minimum Gasteiger partial charge on any atom is -0.419 e. The van der Waals surface area contributed by atoms with E-state index in [2.05, 4.69) is 37.1 Å². The van der Waals surface area contributed by atoms with Gasteiger partial charge in [-0.05, 0) is 55.8 Å². The smallest absolute Gasteiger partial charge is 0.247 e. The van der Waals surface area contributed by atoms with E-state index < -0.39 is 0 Å². The molecule has 2 heterocycles. The van der Waals surface area contributed by atoms with Crippen molar-refractivity contribution in [1.82, 2.24) is 25.0 Å². The number of hydrogen-bond acceptors (Lipinski definition) is 6. The number of aromatic nitrogens is 5. The Labute approximate surface area is 207 Å². The highest BCUT2D eigenvalue weighted by atomic mass is 35.5. The quantitative estimate of drug-likeness (QED) is 0.233. The van der Waals surface area contributed by atoms with E-state index in [1.165, 1.54) is 17.3 Å². The number of benzene rings is 3. The number of halogens is 1. The van der Waals surface area contributed by atoms with Crippen LogP contribution >= 0.6 is 23.4 Å². The molecule has 2 aromatic heterocycles. The Morgan fingerprint density at radius 3 is 2.29 bits per heavy atom. The van der Waals surface area contributed by atoms with Crippen molar-refractivity contribution in [2.45, 2.75) is 30.8 Å². The van der Waals surface area contributed by atoms with Crippen molar-refractivity contribution in [1.29, 1.82) is 0 Å². The molecule has 170 valence electrons. The highest BCUT2D eigenvalue weighted by Gasteiger charge is 2.22. The summed E-state index contributed by atoms with van der Waals surface area (Å²) in [4.78, 5) is 0. The zero-order valence-electron chi connectivity index (χ0n) is 18.7. The third-order valence-corrected chi connectivity index (χ3v) is 6.69. The lowest BCUT2D eigenvalue weighted by atomic mass is 10.1. The summed E-state index contributed by atoms with van der Waals surface area (Å²) >= 11 is 7.63. The van der Waals surface area contributed by atoms with E-state index in [0.29, 0.717) is 23.3 Å². The van der Waals surface area contributed by atoms with E-state index in [9.17, 15) is 0 Å². The van der Waals surface area contributed by atoms with Crippen molar-refractivity contribution < 1.29 is 4.42 Å². The summed E-state index contributed by atoms with van der Waals surface area (Å²) in [6.07, 6.45) is 0. The summed E-state index contributed by atoms with van der Waals surface area (Å²) in [5.41, 5.74) is 4.19. The predicted octanol–water partition coefficient (Wildman–Crippen LogP) is 6.86. The summed E-state index contributed by atoms with van der Waals surface area (Å²) in [5, 5.41) is 18.9. The highest BCUT2D eigenvalue weighted by Crippen LogP contribution is 2.36. The minimum absolute atomic E-state index is 0.108. The summed E-state index contributed by atoms with van der Waals surface area (Å²) in [6, 6.07) is 25.9. The highest BCUT2D eigenvalue weighted by molar-refractivity contribution is 7.99. The molecule has 0 aliphatic heterocycles. The monoisotopic (exact) mass is 487 g/mol. The Bertz CT molecular complexity index is 1380. The lowest BCUT2D eigenvalue weighted by Gasteiger charge is -2.12. The first-order chi connectivity index (χ1) is 16.6. The number of thioether (sulfide) groups is 1. The largest absolute Gasteiger partial charge is 0.419 e. The normalized spacial score (nSPS) is 12.1. The summed E-state index contributed by atoms with van der Waals surface area (Å²) in [7, 11) is 0. The van der Waals surface area contributed by atoms with Crippen LogP contribution in [0.15, 0.2) is 88.4 Å². The van der Waals surface area contributed by atoms with E-state index in [1.807, 2.05) is 80.6 Å². The molecule has 8 heteroatoms. The molecule has 0 spiro atoms. The standard InChI is InChI=1S/C26H22ClN5OS/c1-17-8-10-21(11-9-17)25-30-29-24(33-25)18(2)34-26-31-28-23(20-12-14-22(27)15-13-20)32(26)16-19-6-4-3-5-7-19/h3-15,18H,16H2,1-2H3. The molecule has 0 aliphatic rings. The van der Waals surface area contributed by atoms with Gasteiger partial charge in [0.1, 0.15) is 0 Å². The lowest BCUT2D eigenvalue weighted by Crippen LogP contribution is -2.05. The molecule has 5 rings (SSSR count). The molecular formula is C26H22ClN5OS. The van der Waals surface area contributed by atoms with Gasteiger partial charge in [0.15, 0.2) is 11.0 Å². The molecule has 34 heavy (non-hydrogen) atoms. The second-order valence-electron chi connectivity index (χ2n) is 7.96. The van der Waals surface area contributed by atoms with E-state index >= 15 is 0 Å². The second kappa shape index (κ2) is 9.83. The number of nitrogens with zero attached hydrogens (tertiary/aromatic N) is 5. The number of hydrogen-bond donors (Lipinski definition) is 0. The first kappa shape index (κ1) is 22.4. The molecule has 1 atom stereocenters. The van der Waals surface area contributed by atoms with E-state index in [4.69, 9.17) is 16.0 Å². The topological polar surface area (TPSA) is 69.6 Å². The first-order valence-corrected chi connectivity index (χ1v) is 12.1. The molecular weight excluding hydrogens is 466 g/mol. The second-order valence-corrected chi connectivity index (χ2v) is 9.70. The molecule has 5 aromatic rings. The molecule has 0 bridgehead atoms. The van der Waals surface area contributed by atoms with Gasteiger partial charge < -0.3 is 4.42 Å². The van der Waals surface area contributed by atoms with Gasteiger partial charge in [0.2, 0.25) is 11.8 Å². The maximum Gasteiger partial charge on any atom is 0.247 e. The van der Waals surface area contributed by atoms with Crippen LogP contribution in [0.4, 0.5) is 0 Å². The van der Waals surface area contributed by atoms with E-state index in [-0.39, 0.29) is 5.25 Å². The third kappa shape index (κ3) is 4.90. The Balaban J connectivity index is 1.44. The number of aryl methyl sites for hydroxylation is 1. The van der Waals surface area contributed by atoms with Crippen LogP contribution in [0.2, 0.25) is 5.02 Å². The van der Waals surface area contributed by atoms with Crippen LogP contribution in [0.1, 0.15) is 29.2 Å². The van der Waals surface area contributed by atoms with Gasteiger partial charge in [0.05, 0.1) is 11.8 Å². The molecule has 0 radical (unpaired) electrons. The van der Waals surface area contributed by atoms with Gasteiger partial charge in [-0.1, -0.05) is 71.4 Å². The van der Waals surface area contributed by atoms with Crippen molar-refractivity contribution in [3.8, 4) is 22.8 Å². The first-order valence-electron chi connectivity index (χ1n) is 10.9. The van der Waals surface area contributed by atoms with Crippen LogP contribution in [0, 0.1) is 6.92 Å². The molecule has 0 fully saturated rings. The van der Waals surface area contributed by atoms with Gasteiger partial charge in [-0.3, -0.25) is 4.57 Å². The van der Waals surface area contributed by atoms with Crippen LogP contribution < -0.4 is 0 Å². The predicted molar refractivity (Wildman–Crippen MR) is 135 cm³/mol. The molecule has 3 aromatic carbocycles. The van der Waals surface area contributed by atoms with Gasteiger partial charge >= 0.3 is 0 Å². The van der Waals surface area contributed by atoms with Crippen molar-refractivity contribution in [2.75, 3.05) is 0 Å². The number of rotatable bonds is 7. The van der Waals surface area contributed by atoms with Crippen LogP contribution in [0.3, 0.4) is 0 Å². The zero-order chi connectivity index (χ0) is 23.5. The Morgan fingerprint density at radius 2 is 1.56 bits per heavy atom. The molecule has 1 unspecified atom stereocenters. The van der Waals surface area contributed by atoms with Gasteiger partial charge in [-0.25, -0.2) is 0 Å². The maximum absolute atomic E-state index is 6.09. The van der Waals surface area contributed by atoms with Gasteiger partial charge in [-0.2, -0.15) is 0 Å². The third-order valence-electron chi connectivity index (χ3n) is 5.37. The lowest BCUT2D eigenvalue weighted by molar-refractivity contribution is 0.508. The van der Waals surface area contributed by atoms with Gasteiger partial charge in [0, 0.05) is 16.1 Å². The van der Waals surface area contributed by atoms with Crippen molar-refractivity contribution in [3.05, 3.63) is 101 Å². The average molecular weight is 488 g/mol. The fourth-order valence-corrected chi connectivity index (χ4v) is 4.52. The Kier molecular flexibility index (Phi) is 6.47. The Hall–Kier alpha value is -3.42. The van der Waals surface area contributed by atoms with Crippen molar-refractivity contribution >= 4 is 23.4 Å². The van der Waals surface area contributed by atoms with E-state index in [1.54, 1.807) is 0 Å². The summed E-state index contributed by atoms with van der Waals surface area (Å²) in [6.45, 7) is 4.71. The van der Waals surface area contributed by atoms with Crippen LogP contribution in [-0.2, 0) is 6.54 Å².